The van der Waals surface area contributed by atoms with E-state index in [-0.39, 0.29) is 28.7 Å². The predicted octanol–water partition coefficient (Wildman–Crippen LogP) is 22.1. The van der Waals surface area contributed by atoms with Gasteiger partial charge in [-0.2, -0.15) is 15.3 Å². The predicted molar refractivity (Wildman–Crippen MR) is 504 cm³/mol. The van der Waals surface area contributed by atoms with Crippen LogP contribution in [-0.2, 0) is 14.3 Å². The van der Waals surface area contributed by atoms with Crippen molar-refractivity contribution < 1.29 is 37.7 Å². The molecule has 0 saturated heterocycles. The molecule has 0 bridgehead atoms. The fraction of sp³-hybridized carbons (Fsp3) is 0.133. The van der Waals surface area contributed by atoms with Crippen molar-refractivity contribution in [1.29, 1.82) is 0 Å². The van der Waals surface area contributed by atoms with Gasteiger partial charge >= 0.3 is 5.97 Å². The summed E-state index contributed by atoms with van der Waals surface area (Å²) in [5.41, 5.74) is 30.9. The molecule has 0 aliphatic rings. The van der Waals surface area contributed by atoms with Crippen LogP contribution in [0.1, 0.15) is 81.2 Å². The van der Waals surface area contributed by atoms with Gasteiger partial charge in [0.15, 0.2) is 11.4 Å². The number of aromatic amines is 1. The third-order valence-electron chi connectivity index (χ3n) is 17.3. The summed E-state index contributed by atoms with van der Waals surface area (Å²) in [6, 6.07) is 81.3. The van der Waals surface area contributed by atoms with Crippen LogP contribution in [0.5, 0.6) is 34.9 Å². The Morgan fingerprint density at radius 2 is 0.868 bits per heavy atom. The number of carbonyl (C=O) groups is 3. The number of nitrogens with one attached hydrogen (secondary N) is 4. The molecule has 8 heterocycles. The topological polar surface area (TPSA) is 354 Å². The van der Waals surface area contributed by atoms with Gasteiger partial charge in [0.25, 0.3) is 5.56 Å². The smallest absolute Gasteiger partial charge is 0.313 e. The first-order valence-corrected chi connectivity index (χ1v) is 40.7. The minimum absolute atomic E-state index is 0.0203. The molecule has 0 aliphatic heterocycles. The van der Waals surface area contributed by atoms with Gasteiger partial charge in [0, 0.05) is 107 Å². The summed E-state index contributed by atoms with van der Waals surface area (Å²) in [5, 5.41) is 23.5. The first-order valence-electron chi connectivity index (χ1n) is 39.9. The molecule has 0 aliphatic carbocycles. The maximum Gasteiger partial charge on any atom is 0.313 e. The lowest BCUT2D eigenvalue weighted by Gasteiger charge is -2.11. The van der Waals surface area contributed by atoms with Crippen LogP contribution in [0.4, 0.5) is 50.2 Å². The molecule has 0 saturated carbocycles. The number of nitrogens with zero attached hydrogens (tertiary/aromatic N) is 13. The number of hydrogen-bond acceptors (Lipinski definition) is 20. The van der Waals surface area contributed by atoms with Crippen molar-refractivity contribution in [2.75, 3.05) is 28.4 Å². The first kappa shape index (κ1) is 96.5. The molecule has 31 heteroatoms. The number of nitrogens with two attached hydrogens (primary N) is 3. The van der Waals surface area contributed by atoms with Crippen LogP contribution in [-0.4, -0.2) is 83.3 Å². The average molecular weight is 1770 g/mol. The lowest BCUT2D eigenvalue weighted by Crippen LogP contribution is -2.13. The van der Waals surface area contributed by atoms with Crippen molar-refractivity contribution in [1.82, 2.24) is 59.1 Å². The number of hydrogen-bond donors (Lipinski definition) is 7. The zero-order valence-corrected chi connectivity index (χ0v) is 74.1. The molecule has 0 unspecified atom stereocenters. The van der Waals surface area contributed by atoms with Crippen molar-refractivity contribution in [3.8, 4) is 57.6 Å². The molecule has 0 radical (unpaired) electrons. The van der Waals surface area contributed by atoms with Crippen LogP contribution in [0.25, 0.3) is 32.4 Å². The number of halogens is 3. The Kier molecular flexibility index (Phi) is 36.4. The quantitative estimate of drug-likeness (QED) is 0.00752. The van der Waals surface area contributed by atoms with Gasteiger partial charge in [0.1, 0.15) is 57.2 Å². The Morgan fingerprint density at radius 1 is 0.465 bits per heavy atom. The number of ether oxygens (including phenoxy) is 4. The highest BCUT2D eigenvalue weighted by molar-refractivity contribution is 6.29. The number of amides is 1. The van der Waals surface area contributed by atoms with Crippen LogP contribution in [0.3, 0.4) is 0 Å². The summed E-state index contributed by atoms with van der Waals surface area (Å²) >= 11 is 11.2. The summed E-state index contributed by atoms with van der Waals surface area (Å²) in [7, 11) is 0. The van der Waals surface area contributed by atoms with Crippen LogP contribution >= 0.6 is 23.2 Å². The molecular weight excluding hydrogens is 1680 g/mol. The Labute approximate surface area is 756 Å². The van der Waals surface area contributed by atoms with Crippen LogP contribution in [0.2, 0.25) is 10.3 Å². The first-order chi connectivity index (χ1) is 62.0. The van der Waals surface area contributed by atoms with E-state index in [0.717, 1.165) is 79.7 Å². The number of aromatic nitrogens is 12. The SMILES string of the molecule is CCOC(=O)CC(C)=O.Cc1cccc(-n2[nH]c(C)cc2=O)c1.Cc1cccc(-n2nc(C)cc2Oc2ccnc(Cl)c2)c1.Cc1cccc(-n2nc(C)cc2Oc2ccnc(Nc3cccc(C(N)=O)c3)c2)c1.Cc1cccc(NN)c1.Fc1ccnc(Cl)c1.[C-]#[N+]c1cccc(N)c1.[C-]#[N+]c1cccc(Nc2cc(Oc3cc(C)nn3-c3cccc(C)c3)ccn2)c1. The maximum atomic E-state index is 12.0. The largest absolute Gasteiger partial charge is 0.466 e. The van der Waals surface area contributed by atoms with Crippen LogP contribution < -0.4 is 53.1 Å². The number of ketones is 1. The van der Waals surface area contributed by atoms with Crippen molar-refractivity contribution >= 4 is 86.6 Å². The number of carbonyl (C=O) groups excluding carboxylic acids is 3. The number of rotatable bonds is 19. The number of H-pyrrole nitrogens is 1. The number of esters is 1. The van der Waals surface area contributed by atoms with E-state index in [0.29, 0.717) is 86.6 Å². The Balaban J connectivity index is 0.000000175. The van der Waals surface area contributed by atoms with E-state index < -0.39 is 11.9 Å². The molecule has 8 aromatic heterocycles. The molecule has 28 nitrogen and oxygen atoms in total. The molecule has 16 rings (SSSR count). The second-order valence-corrected chi connectivity index (χ2v) is 29.3. The highest BCUT2D eigenvalue weighted by Crippen LogP contribution is 2.32. The number of Topliss-reactive ketones (excluding diaryl/α,β-unsaturated/α-hetero) is 1. The van der Waals surface area contributed by atoms with Gasteiger partial charge < -0.3 is 46.5 Å². The lowest BCUT2D eigenvalue weighted by molar-refractivity contribution is -0.145. The summed E-state index contributed by atoms with van der Waals surface area (Å²) < 4.78 is 41.5. The second-order valence-electron chi connectivity index (χ2n) is 28.5. The highest BCUT2D eigenvalue weighted by Gasteiger charge is 2.16. The molecule has 10 N–H and O–H groups in total. The molecule has 0 atom stereocenters. The fourth-order valence-electron chi connectivity index (χ4n) is 11.7. The van der Waals surface area contributed by atoms with Crippen molar-refractivity contribution in [3.05, 3.63) is 397 Å². The second kappa shape index (κ2) is 48.6. The molecule has 8 aromatic carbocycles. The summed E-state index contributed by atoms with van der Waals surface area (Å²) in [6.45, 7) is 35.0. The minimum Gasteiger partial charge on any atom is -0.466 e. The van der Waals surface area contributed by atoms with Gasteiger partial charge in [-0.05, 0) is 231 Å². The van der Waals surface area contributed by atoms with E-state index >= 15 is 0 Å². The van der Waals surface area contributed by atoms with Gasteiger partial charge in [0.2, 0.25) is 23.5 Å². The maximum absolute atomic E-state index is 12.0. The molecule has 16 aromatic rings. The molecule has 0 fully saturated rings. The minimum atomic E-state index is -0.483. The molecule has 0 spiro atoms. The van der Waals surface area contributed by atoms with E-state index in [1.807, 2.05) is 214 Å². The summed E-state index contributed by atoms with van der Waals surface area (Å²) in [4.78, 5) is 66.3. The number of benzene rings is 8. The number of nitrogen functional groups attached to an aromatic ring is 2. The van der Waals surface area contributed by atoms with E-state index in [1.165, 1.54) is 30.3 Å². The number of hydrazine groups is 1. The zero-order chi connectivity index (χ0) is 92.9. The standard InChI is InChI=1S/C23H21N5O2.C23H19N5O.C16H14ClN3O.C11H12N2O.C7H6N2.C7H10N2.C6H10O3.C5H3ClFN/c1-15-5-3-8-19(11-15)28-22(12-16(2)27-28)30-20-9-10-25-21(14-20)26-18-7-4-6-17(13-18)23(24)29;1-16-6-4-9-20(12-16)28-23(13-17(2)27-28)29-21-10-11-25-22(15-21)26-19-8-5-7-18(14-19)24-3;1-11-4-3-5-13(8-11)20-16(9-12(2)19-20)21-14-6-7-18-15(17)10-14;1-8-4-3-5-10(6-8)13-11(14)7-9(2)12-13;1-9-7-4-2-3-6(8)5-7;1-6-3-2-4-7(5-6)9-8;1-3-9-6(8)4-5(2)7;6-5-3-4(7)1-2-8-5/h3-14H,1-2H3,(H2,24,29)(H,25,26);4-15H,1-2H3,(H,25,26);3-10H,1-2H3;3-7,12H,1-2H3;2-5H,8H2;2-5,9H,8H2,1H3;3-4H2,1-2H3;1-3H. The van der Waals surface area contributed by atoms with Gasteiger partial charge in [-0.15, -0.1) is 0 Å². The molecule has 656 valence electrons. The number of primary amides is 1. The normalized spacial score (nSPS) is 10.1. The molecule has 1 amide bonds. The zero-order valence-electron chi connectivity index (χ0n) is 72.6. The van der Waals surface area contributed by atoms with Gasteiger partial charge in [0.05, 0.1) is 59.6 Å². The van der Waals surface area contributed by atoms with E-state index in [2.05, 4.69) is 82.9 Å². The van der Waals surface area contributed by atoms with Crippen molar-refractivity contribution in [2.24, 2.45) is 11.6 Å². The van der Waals surface area contributed by atoms with Gasteiger partial charge in [-0.25, -0.2) is 52.7 Å². The van der Waals surface area contributed by atoms with Crippen LogP contribution in [0.15, 0.2) is 297 Å². The summed E-state index contributed by atoms with van der Waals surface area (Å²) in [5.74, 6) is 8.67. The van der Waals surface area contributed by atoms with Gasteiger partial charge in [-0.3, -0.25) is 30.1 Å². The van der Waals surface area contributed by atoms with E-state index in [1.54, 1.807) is 135 Å². The molecular formula is C98H95Cl2FN20O8. The fourth-order valence-corrected chi connectivity index (χ4v) is 12.0. The van der Waals surface area contributed by atoms with Crippen molar-refractivity contribution in [2.45, 2.75) is 82.6 Å². The van der Waals surface area contributed by atoms with Crippen LogP contribution in [0, 0.1) is 81.3 Å². The van der Waals surface area contributed by atoms with Gasteiger partial charge in [-0.1, -0.05) is 114 Å². The number of anilines is 6. The molecule has 129 heavy (non-hydrogen) atoms. The third kappa shape index (κ3) is 32.1. The Morgan fingerprint density at radius 3 is 1.26 bits per heavy atom. The van der Waals surface area contributed by atoms with E-state index in [9.17, 15) is 23.6 Å². The Bertz CT molecular complexity index is 6600. The van der Waals surface area contributed by atoms with Crippen molar-refractivity contribution in [3.63, 3.8) is 0 Å². The monoisotopic (exact) mass is 1770 g/mol. The Hall–Kier alpha value is -16.3. The highest BCUT2D eigenvalue weighted by atomic mass is 35.5. The number of aryl methyl sites for hydroxylation is 9. The third-order valence-corrected chi connectivity index (χ3v) is 17.7. The van der Waals surface area contributed by atoms with E-state index in [4.69, 9.17) is 67.9 Å². The summed E-state index contributed by atoms with van der Waals surface area (Å²) in [6.07, 6.45) is 6.15. The number of pyridine rings is 4. The lowest BCUT2D eigenvalue weighted by atomic mass is 10.2. The average Bonchev–Trinajstić information content (AvgIpc) is 1.85.